The van der Waals surface area contributed by atoms with Crippen LogP contribution in [0, 0.1) is 6.92 Å². The van der Waals surface area contributed by atoms with Crippen LogP contribution in [0.5, 0.6) is 5.75 Å². The lowest BCUT2D eigenvalue weighted by Crippen LogP contribution is -2.45. The number of aryl methyl sites for hydroxylation is 1. The zero-order chi connectivity index (χ0) is 9.84. The Hall–Kier alpha value is -1.10. The minimum Gasteiger partial charge on any atom is -0.471 e. The van der Waals surface area contributed by atoms with Gasteiger partial charge in [-0.05, 0) is 18.6 Å². The lowest BCUT2D eigenvalue weighted by molar-refractivity contribution is 0.0443. The molecule has 1 aromatic carbocycles. The van der Waals surface area contributed by atoms with E-state index in [1.54, 1.807) is 6.07 Å². The van der Waals surface area contributed by atoms with E-state index in [9.17, 15) is 0 Å². The van der Waals surface area contributed by atoms with Crippen molar-refractivity contribution in [2.75, 3.05) is 0 Å². The molecule has 13 heavy (non-hydrogen) atoms. The van der Waals surface area contributed by atoms with E-state index in [0.717, 1.165) is 5.56 Å². The molecule has 0 bridgehead atoms. The zero-order valence-corrected chi connectivity index (χ0v) is 7.47. The van der Waals surface area contributed by atoms with Gasteiger partial charge in [0.25, 0.3) is 0 Å². The van der Waals surface area contributed by atoms with Crippen molar-refractivity contribution in [3.8, 4) is 5.75 Å². The highest BCUT2D eigenvalue weighted by molar-refractivity contribution is 5.31. The van der Waals surface area contributed by atoms with E-state index >= 15 is 0 Å². The van der Waals surface area contributed by atoms with Gasteiger partial charge in [-0.25, -0.2) is 0 Å². The van der Waals surface area contributed by atoms with Gasteiger partial charge in [0.2, 0.25) is 0 Å². The highest BCUT2D eigenvalue weighted by Crippen LogP contribution is 2.16. The van der Waals surface area contributed by atoms with Gasteiger partial charge in [-0.1, -0.05) is 18.2 Å². The molecule has 1 aromatic rings. The normalized spacial score (nSPS) is 15.1. The van der Waals surface area contributed by atoms with Crippen LogP contribution in [0.3, 0.4) is 0 Å². The maximum Gasteiger partial charge on any atom is 0.187 e. The Morgan fingerprint density at radius 2 is 1.92 bits per heavy atom. The van der Waals surface area contributed by atoms with Gasteiger partial charge >= 0.3 is 0 Å². The fourth-order valence-corrected chi connectivity index (χ4v) is 0.905. The molecule has 2 unspecified atom stereocenters. The zero-order valence-electron chi connectivity index (χ0n) is 7.47. The molecule has 72 valence electrons. The van der Waals surface area contributed by atoms with E-state index in [0.29, 0.717) is 5.75 Å². The maximum absolute atomic E-state index is 8.90. The summed E-state index contributed by atoms with van der Waals surface area (Å²) in [7, 11) is 0. The number of hydrogen-bond donors (Lipinski definition) is 3. The second-order valence-electron chi connectivity index (χ2n) is 2.84. The summed E-state index contributed by atoms with van der Waals surface area (Å²) in [6, 6.07) is 7.40. The molecule has 0 saturated heterocycles. The molecule has 0 saturated carbocycles. The van der Waals surface area contributed by atoms with Gasteiger partial charge in [0.15, 0.2) is 12.5 Å². The Morgan fingerprint density at radius 3 is 2.46 bits per heavy atom. The van der Waals surface area contributed by atoms with Crippen LogP contribution in [-0.4, -0.2) is 17.6 Å². The molecule has 4 nitrogen and oxygen atoms in total. The number of ether oxygens (including phenoxy) is 1. The van der Waals surface area contributed by atoms with Crippen LogP contribution in [0.15, 0.2) is 24.3 Å². The fraction of sp³-hybridized carbons (Fsp3) is 0.333. The smallest absolute Gasteiger partial charge is 0.187 e. The number of benzene rings is 1. The minimum absolute atomic E-state index is 0.638. The molecule has 0 fully saturated rings. The van der Waals surface area contributed by atoms with Crippen molar-refractivity contribution in [3.63, 3.8) is 0 Å². The summed E-state index contributed by atoms with van der Waals surface area (Å²) in [5, 5.41) is 8.90. The van der Waals surface area contributed by atoms with Gasteiger partial charge in [0.05, 0.1) is 0 Å². The van der Waals surface area contributed by atoms with Crippen molar-refractivity contribution in [1.82, 2.24) is 0 Å². The van der Waals surface area contributed by atoms with E-state index in [2.05, 4.69) is 0 Å². The first-order chi connectivity index (χ1) is 6.11. The maximum atomic E-state index is 8.90. The molecule has 0 radical (unpaired) electrons. The summed E-state index contributed by atoms with van der Waals surface area (Å²) in [5.74, 6) is 0.638. The van der Waals surface area contributed by atoms with Crippen LogP contribution in [0.25, 0.3) is 0 Å². The molecule has 0 aliphatic rings. The van der Waals surface area contributed by atoms with Gasteiger partial charge in [-0.3, -0.25) is 5.73 Å². The van der Waals surface area contributed by atoms with E-state index in [1.807, 2.05) is 25.1 Å². The Kier molecular flexibility index (Phi) is 3.25. The molecule has 2 atom stereocenters. The summed E-state index contributed by atoms with van der Waals surface area (Å²) in [6.45, 7) is 1.89. The average molecular weight is 182 g/mol. The SMILES string of the molecule is Cc1ccccc1OC(N)C(N)O. The second kappa shape index (κ2) is 4.23. The third-order valence-electron chi connectivity index (χ3n) is 1.69. The minimum atomic E-state index is -1.17. The third kappa shape index (κ3) is 2.69. The quantitative estimate of drug-likeness (QED) is 0.572. The van der Waals surface area contributed by atoms with Crippen molar-refractivity contribution in [2.45, 2.75) is 19.4 Å². The lowest BCUT2D eigenvalue weighted by atomic mass is 10.2. The summed E-state index contributed by atoms with van der Waals surface area (Å²) in [5.41, 5.74) is 11.5. The van der Waals surface area contributed by atoms with E-state index in [4.69, 9.17) is 21.3 Å². The Morgan fingerprint density at radius 1 is 1.31 bits per heavy atom. The first kappa shape index (κ1) is 9.98. The molecule has 0 aliphatic carbocycles. The monoisotopic (exact) mass is 182 g/mol. The Balaban J connectivity index is 2.69. The first-order valence-corrected chi connectivity index (χ1v) is 4.03. The summed E-state index contributed by atoms with van der Waals surface area (Å²) >= 11 is 0. The number of para-hydroxylation sites is 1. The molecule has 0 aromatic heterocycles. The van der Waals surface area contributed by atoms with Crippen LogP contribution in [0.2, 0.25) is 0 Å². The average Bonchev–Trinajstić information content (AvgIpc) is 2.08. The van der Waals surface area contributed by atoms with E-state index in [1.165, 1.54) is 0 Å². The molecule has 5 N–H and O–H groups in total. The molecule has 0 spiro atoms. The van der Waals surface area contributed by atoms with Gasteiger partial charge in [-0.2, -0.15) is 0 Å². The first-order valence-electron chi connectivity index (χ1n) is 4.03. The molecule has 4 heteroatoms. The summed E-state index contributed by atoms with van der Waals surface area (Å²) in [4.78, 5) is 0. The van der Waals surface area contributed by atoms with Crippen LogP contribution >= 0.6 is 0 Å². The predicted molar refractivity (Wildman–Crippen MR) is 50.0 cm³/mol. The largest absolute Gasteiger partial charge is 0.471 e. The topological polar surface area (TPSA) is 81.5 Å². The van der Waals surface area contributed by atoms with Gasteiger partial charge in [0.1, 0.15) is 5.75 Å². The van der Waals surface area contributed by atoms with E-state index < -0.39 is 12.5 Å². The second-order valence-corrected chi connectivity index (χ2v) is 2.84. The van der Waals surface area contributed by atoms with Crippen LogP contribution in [-0.2, 0) is 0 Å². The van der Waals surface area contributed by atoms with Gasteiger partial charge in [-0.15, -0.1) is 0 Å². The highest BCUT2D eigenvalue weighted by atomic mass is 16.5. The predicted octanol–water partition coefficient (Wildman–Crippen LogP) is -0.0643. The number of nitrogens with two attached hydrogens (primary N) is 2. The van der Waals surface area contributed by atoms with Crippen molar-refractivity contribution >= 4 is 0 Å². The number of hydrogen-bond acceptors (Lipinski definition) is 4. The third-order valence-corrected chi connectivity index (χ3v) is 1.69. The molecule has 0 aliphatic heterocycles. The van der Waals surface area contributed by atoms with Gasteiger partial charge in [0, 0.05) is 0 Å². The van der Waals surface area contributed by atoms with Crippen molar-refractivity contribution in [3.05, 3.63) is 29.8 Å². The van der Waals surface area contributed by atoms with Crippen LogP contribution in [0.4, 0.5) is 0 Å². The van der Waals surface area contributed by atoms with Gasteiger partial charge < -0.3 is 15.6 Å². The van der Waals surface area contributed by atoms with Crippen molar-refractivity contribution in [1.29, 1.82) is 0 Å². The number of aliphatic hydroxyl groups is 1. The Labute approximate surface area is 77.1 Å². The molecular weight excluding hydrogens is 168 g/mol. The van der Waals surface area contributed by atoms with Crippen molar-refractivity contribution < 1.29 is 9.84 Å². The van der Waals surface area contributed by atoms with Crippen molar-refractivity contribution in [2.24, 2.45) is 11.5 Å². The lowest BCUT2D eigenvalue weighted by Gasteiger charge is -2.17. The fourth-order valence-electron chi connectivity index (χ4n) is 0.905. The molecule has 0 amide bonds. The summed E-state index contributed by atoms with van der Waals surface area (Å²) in [6.07, 6.45) is -2.05. The van der Waals surface area contributed by atoms with Crippen LogP contribution in [0.1, 0.15) is 5.56 Å². The molecular formula is C9H14N2O2. The van der Waals surface area contributed by atoms with E-state index in [-0.39, 0.29) is 0 Å². The number of aliphatic hydroxyl groups excluding tert-OH is 1. The van der Waals surface area contributed by atoms with Crippen LogP contribution < -0.4 is 16.2 Å². The summed E-state index contributed by atoms with van der Waals surface area (Å²) < 4.78 is 5.21. The molecule has 1 rings (SSSR count). The standard InChI is InChI=1S/C9H14N2O2/c1-6-4-2-3-5-7(6)13-9(11)8(10)12/h2-5,8-9,12H,10-11H2,1H3. The molecule has 0 heterocycles. The number of rotatable bonds is 3. The Bertz CT molecular complexity index is 276. The highest BCUT2D eigenvalue weighted by Gasteiger charge is 2.11.